The van der Waals surface area contributed by atoms with Crippen LogP contribution in [0.3, 0.4) is 0 Å². The van der Waals surface area contributed by atoms with E-state index in [0.29, 0.717) is 39.2 Å². The van der Waals surface area contributed by atoms with Gasteiger partial charge in [0.2, 0.25) is 5.91 Å². The number of nitrogens with zero attached hydrogens (tertiary/aromatic N) is 2. The van der Waals surface area contributed by atoms with E-state index in [1.54, 1.807) is 21.9 Å². The van der Waals surface area contributed by atoms with Gasteiger partial charge in [-0.3, -0.25) is 9.59 Å². The molecule has 32 heavy (non-hydrogen) atoms. The van der Waals surface area contributed by atoms with Crippen LogP contribution < -0.4 is 0 Å². The second-order valence-corrected chi connectivity index (χ2v) is 8.43. The first-order chi connectivity index (χ1) is 15.6. The Balaban J connectivity index is 1.62. The van der Waals surface area contributed by atoms with Crippen molar-refractivity contribution in [3.05, 3.63) is 72.6 Å². The Morgan fingerprint density at radius 1 is 1.19 bits per heavy atom. The van der Waals surface area contributed by atoms with E-state index >= 15 is 0 Å². The van der Waals surface area contributed by atoms with Gasteiger partial charge in [-0.25, -0.2) is 4.39 Å². The van der Waals surface area contributed by atoms with Gasteiger partial charge in [0.25, 0.3) is 5.91 Å². The van der Waals surface area contributed by atoms with Gasteiger partial charge in [0.05, 0.1) is 5.92 Å². The van der Waals surface area contributed by atoms with Crippen LogP contribution in [-0.4, -0.2) is 60.5 Å². The number of amides is 2. The summed E-state index contributed by atoms with van der Waals surface area (Å²) in [7, 11) is 0. The van der Waals surface area contributed by atoms with Crippen LogP contribution in [0, 0.1) is 11.7 Å². The summed E-state index contributed by atoms with van der Waals surface area (Å²) < 4.78 is 19.5. The molecule has 2 aliphatic rings. The molecule has 2 amide bonds. The molecule has 2 saturated heterocycles. The summed E-state index contributed by atoms with van der Waals surface area (Å²) >= 11 is 0. The first-order valence-corrected chi connectivity index (χ1v) is 11.2. The van der Waals surface area contributed by atoms with Gasteiger partial charge >= 0.3 is 0 Å². The van der Waals surface area contributed by atoms with Crippen molar-refractivity contribution in [3.8, 4) is 11.1 Å². The minimum atomic E-state index is -0.406. The highest BCUT2D eigenvalue weighted by Crippen LogP contribution is 2.28. The number of hydrogen-bond donors (Lipinski definition) is 0. The second-order valence-electron chi connectivity index (χ2n) is 8.43. The van der Waals surface area contributed by atoms with Crippen molar-refractivity contribution >= 4 is 11.8 Å². The van der Waals surface area contributed by atoms with Crippen LogP contribution in [0.25, 0.3) is 11.1 Å². The molecular formula is C26H29FN2O3. The van der Waals surface area contributed by atoms with E-state index in [2.05, 4.69) is 6.58 Å². The summed E-state index contributed by atoms with van der Waals surface area (Å²) in [6, 6.07) is 14.2. The first kappa shape index (κ1) is 22.2. The van der Waals surface area contributed by atoms with Gasteiger partial charge in [0.1, 0.15) is 11.9 Å². The lowest BCUT2D eigenvalue weighted by molar-refractivity contribution is -0.141. The summed E-state index contributed by atoms with van der Waals surface area (Å²) in [4.78, 5) is 30.0. The molecule has 2 aromatic carbocycles. The average Bonchev–Trinajstić information content (AvgIpc) is 3.30. The van der Waals surface area contributed by atoms with Gasteiger partial charge in [0, 0.05) is 32.8 Å². The largest absolute Gasteiger partial charge is 0.368 e. The topological polar surface area (TPSA) is 49.9 Å². The van der Waals surface area contributed by atoms with Crippen LogP contribution in [0.5, 0.6) is 0 Å². The fourth-order valence-electron chi connectivity index (χ4n) is 4.61. The SMILES string of the molecule is C=CCN1CCN(C(=O)[C@@H]2CCCO2)C[C@@H](Cc2ccccc2-c2cccc(F)c2)C1=O. The van der Waals surface area contributed by atoms with E-state index in [0.717, 1.165) is 29.5 Å². The molecule has 6 heteroatoms. The lowest BCUT2D eigenvalue weighted by Crippen LogP contribution is -2.42. The Kier molecular flexibility index (Phi) is 7.00. The fourth-order valence-corrected chi connectivity index (χ4v) is 4.61. The molecule has 2 aromatic rings. The number of carbonyl (C=O) groups is 2. The minimum absolute atomic E-state index is 0.0154. The normalized spacial score (nSPS) is 21.5. The van der Waals surface area contributed by atoms with Crippen molar-refractivity contribution in [2.75, 3.05) is 32.8 Å². The van der Waals surface area contributed by atoms with Gasteiger partial charge in [-0.1, -0.05) is 42.5 Å². The van der Waals surface area contributed by atoms with Gasteiger partial charge in [-0.05, 0) is 48.1 Å². The molecule has 0 aromatic heterocycles. The van der Waals surface area contributed by atoms with Crippen molar-refractivity contribution in [2.24, 2.45) is 5.92 Å². The molecule has 2 fully saturated rings. The maximum atomic E-state index is 13.9. The fraction of sp³-hybridized carbons (Fsp3) is 0.385. The van der Waals surface area contributed by atoms with Crippen molar-refractivity contribution in [2.45, 2.75) is 25.4 Å². The van der Waals surface area contributed by atoms with E-state index in [-0.39, 0.29) is 17.6 Å². The molecular weight excluding hydrogens is 407 g/mol. The lowest BCUT2D eigenvalue weighted by atomic mass is 9.91. The molecule has 2 aliphatic heterocycles. The van der Waals surface area contributed by atoms with E-state index in [4.69, 9.17) is 4.74 Å². The third-order valence-electron chi connectivity index (χ3n) is 6.23. The Morgan fingerprint density at radius 3 is 2.78 bits per heavy atom. The van der Waals surface area contributed by atoms with Gasteiger partial charge in [0.15, 0.2) is 0 Å². The van der Waals surface area contributed by atoms with Crippen LogP contribution in [-0.2, 0) is 20.7 Å². The summed E-state index contributed by atoms with van der Waals surface area (Å²) in [5, 5.41) is 0. The van der Waals surface area contributed by atoms with Crippen LogP contribution in [0.15, 0.2) is 61.2 Å². The van der Waals surface area contributed by atoms with Crippen molar-refractivity contribution in [3.63, 3.8) is 0 Å². The van der Waals surface area contributed by atoms with Crippen LogP contribution in [0.4, 0.5) is 4.39 Å². The molecule has 5 nitrogen and oxygen atoms in total. The maximum Gasteiger partial charge on any atom is 0.251 e. The number of ether oxygens (including phenoxy) is 1. The molecule has 0 radical (unpaired) electrons. The number of carbonyl (C=O) groups excluding carboxylic acids is 2. The molecule has 2 heterocycles. The molecule has 2 atom stereocenters. The smallest absolute Gasteiger partial charge is 0.251 e. The third-order valence-corrected chi connectivity index (χ3v) is 6.23. The third kappa shape index (κ3) is 4.91. The molecule has 0 N–H and O–H groups in total. The molecule has 0 unspecified atom stereocenters. The monoisotopic (exact) mass is 436 g/mol. The molecule has 0 aliphatic carbocycles. The Morgan fingerprint density at radius 2 is 2.03 bits per heavy atom. The zero-order valence-electron chi connectivity index (χ0n) is 18.2. The maximum absolute atomic E-state index is 13.9. The molecule has 0 bridgehead atoms. The summed E-state index contributed by atoms with van der Waals surface area (Å²) in [6.45, 7) is 6.15. The number of hydrogen-bond acceptors (Lipinski definition) is 3. The predicted octanol–water partition coefficient (Wildman–Crippen LogP) is 3.69. The summed E-state index contributed by atoms with van der Waals surface area (Å²) in [5.74, 6) is -0.702. The number of halogens is 1. The summed E-state index contributed by atoms with van der Waals surface area (Å²) in [5.41, 5.74) is 2.63. The second kappa shape index (κ2) is 10.1. The Bertz CT molecular complexity index is 987. The zero-order chi connectivity index (χ0) is 22.5. The van der Waals surface area contributed by atoms with Crippen molar-refractivity contribution in [1.82, 2.24) is 9.80 Å². The molecule has 0 saturated carbocycles. The van der Waals surface area contributed by atoms with Gasteiger partial charge in [-0.15, -0.1) is 6.58 Å². The summed E-state index contributed by atoms with van der Waals surface area (Å²) in [6.07, 6.45) is 3.39. The number of benzene rings is 2. The van der Waals surface area contributed by atoms with Gasteiger partial charge < -0.3 is 14.5 Å². The van der Waals surface area contributed by atoms with Crippen LogP contribution in [0.2, 0.25) is 0 Å². The lowest BCUT2D eigenvalue weighted by Gasteiger charge is -2.26. The molecule has 0 spiro atoms. The first-order valence-electron chi connectivity index (χ1n) is 11.2. The number of rotatable bonds is 6. The van der Waals surface area contributed by atoms with Crippen LogP contribution >= 0.6 is 0 Å². The predicted molar refractivity (Wildman–Crippen MR) is 121 cm³/mol. The highest BCUT2D eigenvalue weighted by atomic mass is 19.1. The van der Waals surface area contributed by atoms with Crippen LogP contribution in [0.1, 0.15) is 18.4 Å². The van der Waals surface area contributed by atoms with Crippen molar-refractivity contribution in [1.29, 1.82) is 0 Å². The van der Waals surface area contributed by atoms with E-state index < -0.39 is 12.0 Å². The molecule has 168 valence electrons. The zero-order valence-corrected chi connectivity index (χ0v) is 18.2. The van der Waals surface area contributed by atoms with E-state index in [1.165, 1.54) is 12.1 Å². The molecule has 4 rings (SSSR count). The van der Waals surface area contributed by atoms with E-state index in [9.17, 15) is 14.0 Å². The highest BCUT2D eigenvalue weighted by Gasteiger charge is 2.35. The quantitative estimate of drug-likeness (QED) is 0.649. The highest BCUT2D eigenvalue weighted by molar-refractivity contribution is 5.84. The Labute approximate surface area is 188 Å². The minimum Gasteiger partial charge on any atom is -0.368 e. The average molecular weight is 437 g/mol. The Hall–Kier alpha value is -2.99. The van der Waals surface area contributed by atoms with Crippen molar-refractivity contribution < 1.29 is 18.7 Å². The van der Waals surface area contributed by atoms with E-state index in [1.807, 2.05) is 30.3 Å². The van der Waals surface area contributed by atoms with Gasteiger partial charge in [-0.2, -0.15) is 0 Å². The standard InChI is InChI=1S/C26H29FN2O3/c1-2-12-28-13-14-29(26(31)24-11-6-15-32-24)18-21(25(28)30)16-19-7-3-4-10-23(19)20-8-5-9-22(27)17-20/h2-5,7-10,17,21,24H,1,6,11-16,18H2/t21-,24+/m1/s1.